The molecule has 26 heavy (non-hydrogen) atoms. The van der Waals surface area contributed by atoms with Gasteiger partial charge in [0, 0.05) is 26.7 Å². The first-order valence-electron chi connectivity index (χ1n) is 8.86. The fourth-order valence-corrected chi connectivity index (χ4v) is 4.80. The Morgan fingerprint density at radius 3 is 2.54 bits per heavy atom. The minimum absolute atomic E-state index is 0.0473. The van der Waals surface area contributed by atoms with Crippen molar-refractivity contribution in [2.75, 3.05) is 16.9 Å². The smallest absolute Gasteiger partial charge is 0.250 e. The van der Waals surface area contributed by atoms with Gasteiger partial charge in [0.1, 0.15) is 6.04 Å². The van der Waals surface area contributed by atoms with Gasteiger partial charge in [0.15, 0.2) is 0 Å². The number of allylic oxidation sites excluding steroid dienone is 1. The van der Waals surface area contributed by atoms with Crippen LogP contribution in [0.5, 0.6) is 0 Å². The Bertz CT molecular complexity index is 678. The lowest BCUT2D eigenvalue weighted by Crippen LogP contribution is -2.44. The topological polar surface area (TPSA) is 49.4 Å². The van der Waals surface area contributed by atoms with Gasteiger partial charge < -0.3 is 10.2 Å². The quantitative estimate of drug-likeness (QED) is 0.579. The third kappa shape index (κ3) is 5.81. The van der Waals surface area contributed by atoms with Crippen molar-refractivity contribution in [2.24, 2.45) is 0 Å². The van der Waals surface area contributed by atoms with Gasteiger partial charge in [0.25, 0.3) is 5.91 Å². The average Bonchev–Trinajstić information content (AvgIpc) is 3.04. The number of benzene rings is 1. The van der Waals surface area contributed by atoms with Gasteiger partial charge >= 0.3 is 0 Å². The van der Waals surface area contributed by atoms with Crippen LogP contribution in [0.4, 0.5) is 5.69 Å². The zero-order chi connectivity index (χ0) is 19.3. The van der Waals surface area contributed by atoms with Crippen LogP contribution in [0.25, 0.3) is 0 Å². The predicted molar refractivity (Wildman–Crippen MR) is 113 cm³/mol. The van der Waals surface area contributed by atoms with Gasteiger partial charge in [-0.1, -0.05) is 33.8 Å². The number of hydrogen-bond donors (Lipinski definition) is 1. The Labute approximate surface area is 165 Å². The van der Waals surface area contributed by atoms with Gasteiger partial charge in [0.2, 0.25) is 5.91 Å². The fourth-order valence-electron chi connectivity index (χ4n) is 2.67. The molecule has 0 spiro atoms. The number of carbonyl (C=O) groups excluding carboxylic acids is 2. The molecule has 1 N–H and O–H groups in total. The minimum Gasteiger partial charge on any atom is -0.324 e. The molecule has 1 aromatic carbocycles. The van der Waals surface area contributed by atoms with Crippen molar-refractivity contribution in [3.8, 4) is 0 Å². The van der Waals surface area contributed by atoms with Gasteiger partial charge in [-0.05, 0) is 37.6 Å². The van der Waals surface area contributed by atoms with E-state index in [0.717, 1.165) is 12.1 Å². The number of rotatable bonds is 5. The molecule has 0 aromatic heterocycles. The summed E-state index contributed by atoms with van der Waals surface area (Å²) in [7, 11) is 0. The number of nitrogens with one attached hydrogen (secondary N) is 1. The molecule has 142 valence electrons. The van der Waals surface area contributed by atoms with E-state index in [0.29, 0.717) is 17.2 Å². The van der Waals surface area contributed by atoms with Crippen molar-refractivity contribution in [1.29, 1.82) is 0 Å². The molecular formula is C20H28N2O2S2. The lowest BCUT2D eigenvalue weighted by molar-refractivity contribution is -0.133. The van der Waals surface area contributed by atoms with E-state index >= 15 is 0 Å². The van der Waals surface area contributed by atoms with Crippen molar-refractivity contribution in [3.05, 3.63) is 35.9 Å². The van der Waals surface area contributed by atoms with Gasteiger partial charge in [-0.25, -0.2) is 0 Å². The standard InChI is InChI=1S/C20H28N2O2S2/c1-6-7-14(2)19(24)22-13-25-12-17(22)18(23)21-15-8-10-16(11-9-15)26-20(3,4)5/h7-11,17H,6,12-13H2,1-5H3,(H,21,23)/b14-7-. The van der Waals surface area contributed by atoms with Crippen molar-refractivity contribution < 1.29 is 9.59 Å². The molecule has 1 saturated heterocycles. The van der Waals surface area contributed by atoms with E-state index in [1.54, 1.807) is 28.4 Å². The Kier molecular flexibility index (Phi) is 7.24. The van der Waals surface area contributed by atoms with Crippen LogP contribution in [-0.2, 0) is 9.59 Å². The Morgan fingerprint density at radius 1 is 1.31 bits per heavy atom. The molecule has 2 rings (SSSR count). The first kappa shape index (κ1) is 20.9. The fraction of sp³-hybridized carbons (Fsp3) is 0.500. The number of anilines is 1. The molecule has 0 bridgehead atoms. The van der Waals surface area contributed by atoms with Gasteiger partial charge in [-0.15, -0.1) is 23.5 Å². The summed E-state index contributed by atoms with van der Waals surface area (Å²) in [6.45, 7) is 10.3. The van der Waals surface area contributed by atoms with Gasteiger partial charge in [-0.3, -0.25) is 9.59 Å². The summed E-state index contributed by atoms with van der Waals surface area (Å²) in [5.74, 6) is 1.03. The van der Waals surface area contributed by atoms with Crippen LogP contribution in [0.2, 0.25) is 0 Å². The normalized spacial score (nSPS) is 18.1. The van der Waals surface area contributed by atoms with Crippen LogP contribution in [0.1, 0.15) is 41.0 Å². The van der Waals surface area contributed by atoms with Gasteiger partial charge in [-0.2, -0.15) is 0 Å². The SMILES string of the molecule is CC/C=C(/C)C(=O)N1CSCC1C(=O)Nc1ccc(SC(C)(C)C)cc1. The van der Waals surface area contributed by atoms with Crippen LogP contribution in [0.3, 0.4) is 0 Å². The second kappa shape index (κ2) is 9.00. The molecule has 2 amide bonds. The third-order valence-electron chi connectivity index (χ3n) is 3.84. The number of nitrogens with zero attached hydrogens (tertiary/aromatic N) is 1. The Balaban J connectivity index is 2.02. The third-order valence-corrected chi connectivity index (χ3v) is 5.97. The van der Waals surface area contributed by atoms with E-state index in [2.05, 4.69) is 26.1 Å². The van der Waals surface area contributed by atoms with Crippen molar-refractivity contribution in [1.82, 2.24) is 4.90 Å². The van der Waals surface area contributed by atoms with Crippen LogP contribution < -0.4 is 5.32 Å². The maximum atomic E-state index is 12.7. The largest absolute Gasteiger partial charge is 0.324 e. The summed E-state index contributed by atoms with van der Waals surface area (Å²) in [6, 6.07) is 7.46. The first-order valence-corrected chi connectivity index (χ1v) is 10.8. The second-order valence-electron chi connectivity index (χ2n) is 7.31. The van der Waals surface area contributed by atoms with Gasteiger partial charge in [0.05, 0.1) is 5.88 Å². The number of amides is 2. The summed E-state index contributed by atoms with van der Waals surface area (Å²) in [6.07, 6.45) is 2.72. The molecule has 1 fully saturated rings. The molecule has 1 heterocycles. The molecule has 1 unspecified atom stereocenters. The molecule has 1 atom stereocenters. The first-order chi connectivity index (χ1) is 12.2. The predicted octanol–water partition coefficient (Wildman–Crippen LogP) is 4.77. The summed E-state index contributed by atoms with van der Waals surface area (Å²) in [5, 5.41) is 2.95. The van der Waals surface area contributed by atoms with E-state index in [-0.39, 0.29) is 16.6 Å². The molecular weight excluding hydrogens is 364 g/mol. The molecule has 6 heteroatoms. The highest BCUT2D eigenvalue weighted by Gasteiger charge is 2.35. The molecule has 0 aliphatic carbocycles. The highest BCUT2D eigenvalue weighted by atomic mass is 32.2. The molecule has 0 saturated carbocycles. The van der Waals surface area contributed by atoms with Crippen molar-refractivity contribution >= 4 is 41.0 Å². The molecule has 1 aromatic rings. The lowest BCUT2D eigenvalue weighted by atomic mass is 10.2. The van der Waals surface area contributed by atoms with Crippen LogP contribution in [-0.4, -0.2) is 39.1 Å². The van der Waals surface area contributed by atoms with E-state index in [9.17, 15) is 9.59 Å². The summed E-state index contributed by atoms with van der Waals surface area (Å²) < 4.78 is 0.149. The Morgan fingerprint density at radius 2 is 1.96 bits per heavy atom. The number of carbonyl (C=O) groups is 2. The number of hydrogen-bond acceptors (Lipinski definition) is 4. The van der Waals surface area contributed by atoms with Crippen LogP contribution >= 0.6 is 23.5 Å². The number of thioether (sulfide) groups is 2. The maximum absolute atomic E-state index is 12.7. The second-order valence-corrected chi connectivity index (χ2v) is 10.2. The zero-order valence-corrected chi connectivity index (χ0v) is 17.8. The Hall–Kier alpha value is -1.40. The van der Waals surface area contributed by atoms with E-state index < -0.39 is 6.04 Å². The highest BCUT2D eigenvalue weighted by Crippen LogP contribution is 2.32. The summed E-state index contributed by atoms with van der Waals surface area (Å²) >= 11 is 3.41. The van der Waals surface area contributed by atoms with E-state index in [1.807, 2.05) is 44.2 Å². The molecule has 1 aliphatic rings. The van der Waals surface area contributed by atoms with Crippen molar-refractivity contribution in [2.45, 2.75) is 56.7 Å². The van der Waals surface area contributed by atoms with E-state index in [4.69, 9.17) is 0 Å². The van der Waals surface area contributed by atoms with Crippen LogP contribution in [0.15, 0.2) is 40.8 Å². The summed E-state index contributed by atoms with van der Waals surface area (Å²) in [4.78, 5) is 28.1. The average molecular weight is 393 g/mol. The van der Waals surface area contributed by atoms with Crippen molar-refractivity contribution in [3.63, 3.8) is 0 Å². The highest BCUT2D eigenvalue weighted by molar-refractivity contribution is 8.00. The zero-order valence-electron chi connectivity index (χ0n) is 16.2. The molecule has 4 nitrogen and oxygen atoms in total. The minimum atomic E-state index is -0.420. The molecule has 1 aliphatic heterocycles. The summed E-state index contributed by atoms with van der Waals surface area (Å²) in [5.41, 5.74) is 1.47. The maximum Gasteiger partial charge on any atom is 0.250 e. The van der Waals surface area contributed by atoms with E-state index in [1.165, 1.54) is 4.90 Å². The monoisotopic (exact) mass is 392 g/mol. The molecule has 0 radical (unpaired) electrons. The van der Waals surface area contributed by atoms with Crippen LogP contribution in [0, 0.1) is 0 Å². The lowest BCUT2D eigenvalue weighted by Gasteiger charge is -2.23.